The van der Waals surface area contributed by atoms with Crippen molar-refractivity contribution in [3.8, 4) is 0 Å². The molecule has 2 heteroatoms. The predicted molar refractivity (Wildman–Crippen MR) is 47.3 cm³/mol. The highest BCUT2D eigenvalue weighted by Gasteiger charge is 2.31. The first-order chi connectivity index (χ1) is 4.81. The number of amides is 1. The van der Waals surface area contributed by atoms with E-state index in [1.165, 1.54) is 0 Å². The zero-order valence-corrected chi connectivity index (χ0v) is 8.19. The van der Waals surface area contributed by atoms with E-state index in [9.17, 15) is 4.79 Å². The summed E-state index contributed by atoms with van der Waals surface area (Å²) < 4.78 is 0. The van der Waals surface area contributed by atoms with Crippen LogP contribution in [-0.2, 0) is 4.79 Å². The summed E-state index contributed by atoms with van der Waals surface area (Å²) in [6, 6.07) is 0. The Balaban J connectivity index is 4.10. The van der Waals surface area contributed by atoms with Gasteiger partial charge in [-0.3, -0.25) is 4.79 Å². The van der Waals surface area contributed by atoms with Crippen LogP contribution >= 0.6 is 0 Å². The molecule has 0 saturated heterocycles. The second-order valence-electron chi connectivity index (χ2n) is 4.63. The molecule has 1 amide bonds. The van der Waals surface area contributed by atoms with Gasteiger partial charge in [-0.15, -0.1) is 0 Å². The van der Waals surface area contributed by atoms with Gasteiger partial charge >= 0.3 is 0 Å². The van der Waals surface area contributed by atoms with Gasteiger partial charge in [-0.25, -0.2) is 0 Å². The van der Waals surface area contributed by atoms with Gasteiger partial charge in [-0.05, 0) is 10.8 Å². The third kappa shape index (κ3) is 2.91. The molecule has 0 rings (SSSR count). The lowest BCUT2D eigenvalue weighted by molar-refractivity contribution is -0.110. The van der Waals surface area contributed by atoms with Crippen LogP contribution in [0.3, 0.4) is 0 Å². The Morgan fingerprint density at radius 3 is 1.91 bits per heavy atom. The molecule has 0 radical (unpaired) electrons. The minimum absolute atomic E-state index is 0.147. The van der Waals surface area contributed by atoms with Gasteiger partial charge < -0.3 is 5.32 Å². The molecule has 0 aromatic rings. The lowest BCUT2D eigenvalue weighted by atomic mass is 9.69. The summed E-state index contributed by atoms with van der Waals surface area (Å²) in [5, 5.41) is 2.71. The SMILES string of the molecule is CC(C)(C)C(C)(C)CNC=O. The minimum Gasteiger partial charge on any atom is -0.358 e. The number of rotatable bonds is 3. The molecule has 1 N–H and O–H groups in total. The van der Waals surface area contributed by atoms with Gasteiger partial charge in [-0.1, -0.05) is 34.6 Å². The highest BCUT2D eigenvalue weighted by molar-refractivity contribution is 5.45. The summed E-state index contributed by atoms with van der Waals surface area (Å²) in [5.74, 6) is 0. The molecule has 0 atom stereocenters. The second kappa shape index (κ2) is 3.24. The third-order valence-electron chi connectivity index (χ3n) is 2.66. The van der Waals surface area contributed by atoms with Crippen molar-refractivity contribution in [2.24, 2.45) is 10.8 Å². The first kappa shape index (κ1) is 10.5. The number of hydrogen-bond acceptors (Lipinski definition) is 1. The van der Waals surface area contributed by atoms with Crippen molar-refractivity contribution in [2.45, 2.75) is 34.6 Å². The maximum absolute atomic E-state index is 10.1. The molecule has 0 saturated carbocycles. The molecule has 0 bridgehead atoms. The molecule has 66 valence electrons. The summed E-state index contributed by atoms with van der Waals surface area (Å²) in [5.41, 5.74) is 0.372. The van der Waals surface area contributed by atoms with Crippen molar-refractivity contribution in [1.82, 2.24) is 5.32 Å². The molecule has 0 aliphatic heterocycles. The van der Waals surface area contributed by atoms with E-state index >= 15 is 0 Å². The smallest absolute Gasteiger partial charge is 0.207 e. The maximum Gasteiger partial charge on any atom is 0.207 e. The van der Waals surface area contributed by atoms with E-state index in [0.29, 0.717) is 0 Å². The predicted octanol–water partition coefficient (Wildman–Crippen LogP) is 1.80. The van der Waals surface area contributed by atoms with E-state index in [1.54, 1.807) is 0 Å². The molecule has 2 nitrogen and oxygen atoms in total. The molecule has 11 heavy (non-hydrogen) atoms. The molecular formula is C9H19NO. The van der Waals surface area contributed by atoms with Crippen molar-refractivity contribution >= 4 is 6.41 Å². The van der Waals surface area contributed by atoms with Crippen molar-refractivity contribution in [3.05, 3.63) is 0 Å². The van der Waals surface area contributed by atoms with E-state index < -0.39 is 0 Å². The number of carbonyl (C=O) groups is 1. The topological polar surface area (TPSA) is 29.1 Å². The van der Waals surface area contributed by atoms with Crippen LogP contribution in [0.15, 0.2) is 0 Å². The van der Waals surface area contributed by atoms with Crippen LogP contribution in [0.4, 0.5) is 0 Å². The Kier molecular flexibility index (Phi) is 3.09. The van der Waals surface area contributed by atoms with Crippen LogP contribution in [0.25, 0.3) is 0 Å². The van der Waals surface area contributed by atoms with Crippen molar-refractivity contribution in [1.29, 1.82) is 0 Å². The van der Waals surface area contributed by atoms with E-state index in [4.69, 9.17) is 0 Å². The highest BCUT2D eigenvalue weighted by atomic mass is 16.1. The summed E-state index contributed by atoms with van der Waals surface area (Å²) in [4.78, 5) is 10.1. The van der Waals surface area contributed by atoms with E-state index in [-0.39, 0.29) is 10.8 Å². The fourth-order valence-electron chi connectivity index (χ4n) is 0.562. The van der Waals surface area contributed by atoms with E-state index in [1.807, 2.05) is 0 Å². The molecular weight excluding hydrogens is 138 g/mol. The highest BCUT2D eigenvalue weighted by Crippen LogP contribution is 2.36. The molecule has 0 heterocycles. The lowest BCUT2D eigenvalue weighted by Crippen LogP contribution is -2.39. The minimum atomic E-state index is 0.147. The van der Waals surface area contributed by atoms with Gasteiger partial charge in [0.1, 0.15) is 0 Å². The zero-order valence-electron chi connectivity index (χ0n) is 8.19. The van der Waals surface area contributed by atoms with Crippen LogP contribution in [-0.4, -0.2) is 13.0 Å². The van der Waals surface area contributed by atoms with Gasteiger partial charge in [0, 0.05) is 6.54 Å². The van der Waals surface area contributed by atoms with E-state index in [2.05, 4.69) is 39.9 Å². The summed E-state index contributed by atoms with van der Waals surface area (Å²) in [7, 11) is 0. The summed E-state index contributed by atoms with van der Waals surface area (Å²) in [6.07, 6.45) is 0.757. The summed E-state index contributed by atoms with van der Waals surface area (Å²) in [6.45, 7) is 11.6. The van der Waals surface area contributed by atoms with Gasteiger partial charge in [-0.2, -0.15) is 0 Å². The number of carbonyl (C=O) groups excluding carboxylic acids is 1. The van der Waals surface area contributed by atoms with Crippen LogP contribution in [0, 0.1) is 10.8 Å². The molecule has 0 spiro atoms. The molecule has 0 aromatic heterocycles. The quantitative estimate of drug-likeness (QED) is 0.622. The van der Waals surface area contributed by atoms with Gasteiger partial charge in [0.05, 0.1) is 0 Å². The largest absolute Gasteiger partial charge is 0.358 e. The third-order valence-corrected chi connectivity index (χ3v) is 2.66. The van der Waals surface area contributed by atoms with Gasteiger partial charge in [0.2, 0.25) is 6.41 Å². The monoisotopic (exact) mass is 157 g/mol. The average molecular weight is 157 g/mol. The Morgan fingerprint density at radius 1 is 1.18 bits per heavy atom. The average Bonchev–Trinajstić information content (AvgIpc) is 1.81. The Labute approximate surface area is 69.4 Å². The molecule has 0 aliphatic carbocycles. The van der Waals surface area contributed by atoms with E-state index in [0.717, 1.165) is 13.0 Å². The van der Waals surface area contributed by atoms with Crippen molar-refractivity contribution < 1.29 is 4.79 Å². The second-order valence-corrected chi connectivity index (χ2v) is 4.63. The van der Waals surface area contributed by atoms with Gasteiger partial charge in [0.15, 0.2) is 0 Å². The zero-order chi connectivity index (χ0) is 9.12. The molecule has 0 fully saturated rings. The van der Waals surface area contributed by atoms with Gasteiger partial charge in [0.25, 0.3) is 0 Å². The standard InChI is InChI=1S/C9H19NO/c1-8(2,3)9(4,5)6-10-7-11/h7H,6H2,1-5H3,(H,10,11). The number of nitrogens with one attached hydrogen (secondary N) is 1. The van der Waals surface area contributed by atoms with Crippen LogP contribution in [0.5, 0.6) is 0 Å². The summed E-state index contributed by atoms with van der Waals surface area (Å²) >= 11 is 0. The first-order valence-electron chi connectivity index (χ1n) is 3.98. The normalized spacial score (nSPS) is 12.8. The first-order valence-corrected chi connectivity index (χ1v) is 3.98. The fraction of sp³-hybridized carbons (Fsp3) is 0.889. The van der Waals surface area contributed by atoms with Crippen LogP contribution in [0.2, 0.25) is 0 Å². The molecule has 0 unspecified atom stereocenters. The van der Waals surface area contributed by atoms with Crippen molar-refractivity contribution in [2.75, 3.05) is 6.54 Å². The molecule has 0 aliphatic rings. The molecule has 0 aromatic carbocycles. The Hall–Kier alpha value is -0.530. The lowest BCUT2D eigenvalue weighted by Gasteiger charge is -2.38. The van der Waals surface area contributed by atoms with Crippen LogP contribution in [0.1, 0.15) is 34.6 Å². The Bertz CT molecular complexity index is 133. The fourth-order valence-corrected chi connectivity index (χ4v) is 0.562. The Morgan fingerprint density at radius 2 is 1.64 bits per heavy atom. The van der Waals surface area contributed by atoms with Crippen molar-refractivity contribution in [3.63, 3.8) is 0 Å². The number of hydrogen-bond donors (Lipinski definition) is 1. The van der Waals surface area contributed by atoms with Crippen LogP contribution < -0.4 is 5.32 Å². The maximum atomic E-state index is 10.1.